The maximum atomic E-state index is 10.7. The number of likely N-dealkylation sites (tertiary alicyclic amines) is 1. The predicted molar refractivity (Wildman–Crippen MR) is 99.4 cm³/mol. The molecule has 0 radical (unpaired) electrons. The van der Waals surface area contributed by atoms with Gasteiger partial charge in [-0.15, -0.1) is 0 Å². The van der Waals surface area contributed by atoms with Crippen LogP contribution in [0.3, 0.4) is 0 Å². The van der Waals surface area contributed by atoms with Crippen LogP contribution >= 0.6 is 15.9 Å². The molecule has 5 atom stereocenters. The lowest BCUT2D eigenvalue weighted by Crippen LogP contribution is -2.65. The fraction of sp³-hybridized carbons (Fsp3) is 0.600. The lowest BCUT2D eigenvalue weighted by Gasteiger charge is -2.57. The van der Waals surface area contributed by atoms with Crippen LogP contribution in [0.5, 0.6) is 11.5 Å². The maximum Gasteiger partial charge on any atom is 0.166 e. The van der Waals surface area contributed by atoms with Gasteiger partial charge < -0.3 is 14.6 Å². The minimum Gasteiger partial charge on any atom is -0.493 e. The second kappa shape index (κ2) is 5.48. The minimum absolute atomic E-state index is 0.122. The summed E-state index contributed by atoms with van der Waals surface area (Å²) in [6, 6.07) is 2.51. The number of methoxy groups -OCH3 is 1. The molecule has 4 aliphatic rings. The summed E-state index contributed by atoms with van der Waals surface area (Å²) in [7, 11) is 1.69. The van der Waals surface area contributed by atoms with Crippen LogP contribution in [0, 0.1) is 5.92 Å². The van der Waals surface area contributed by atoms with Crippen LogP contribution in [0.2, 0.25) is 0 Å². The molecule has 1 saturated heterocycles. The first kappa shape index (κ1) is 16.2. The van der Waals surface area contributed by atoms with Crippen molar-refractivity contribution in [2.45, 2.75) is 49.9 Å². The molecule has 2 aliphatic carbocycles. The molecule has 1 spiro atoms. The highest BCUT2D eigenvalue weighted by atomic mass is 79.9. The number of nitrogens with zero attached hydrogens (tertiary/aromatic N) is 1. The first-order valence-electron chi connectivity index (χ1n) is 9.28. The van der Waals surface area contributed by atoms with Crippen LogP contribution in [-0.4, -0.2) is 48.5 Å². The third-order valence-corrected chi connectivity index (χ3v) is 7.49. The van der Waals surface area contributed by atoms with Gasteiger partial charge in [0.25, 0.3) is 0 Å². The average molecular weight is 406 g/mol. The Morgan fingerprint density at radius 2 is 2.28 bits per heavy atom. The zero-order valence-corrected chi connectivity index (χ0v) is 16.3. The number of aliphatic hydroxyl groups excluding tert-OH is 1. The van der Waals surface area contributed by atoms with Crippen molar-refractivity contribution in [3.63, 3.8) is 0 Å². The molecule has 5 rings (SSSR count). The van der Waals surface area contributed by atoms with Gasteiger partial charge in [-0.3, -0.25) is 4.90 Å². The molecule has 5 heteroatoms. The van der Waals surface area contributed by atoms with Crippen LogP contribution in [0.15, 0.2) is 22.7 Å². The first-order valence-corrected chi connectivity index (χ1v) is 10.1. The summed E-state index contributed by atoms with van der Waals surface area (Å²) in [5.41, 5.74) is 2.52. The van der Waals surface area contributed by atoms with Crippen molar-refractivity contribution in [3.8, 4) is 11.5 Å². The molecular formula is C20H24BrNO3. The minimum atomic E-state index is -0.559. The smallest absolute Gasteiger partial charge is 0.166 e. The van der Waals surface area contributed by atoms with Gasteiger partial charge in [-0.25, -0.2) is 0 Å². The molecule has 25 heavy (non-hydrogen) atoms. The van der Waals surface area contributed by atoms with E-state index in [-0.39, 0.29) is 11.5 Å². The van der Waals surface area contributed by atoms with Crippen LogP contribution in [0.1, 0.15) is 30.9 Å². The summed E-state index contributed by atoms with van der Waals surface area (Å²) >= 11 is 3.79. The highest BCUT2D eigenvalue weighted by molar-refractivity contribution is 9.10. The zero-order chi connectivity index (χ0) is 17.3. The van der Waals surface area contributed by atoms with E-state index in [1.807, 2.05) is 12.1 Å². The number of hydrogen-bond acceptors (Lipinski definition) is 4. The fourth-order valence-electron chi connectivity index (χ4n) is 5.88. The largest absolute Gasteiger partial charge is 0.493 e. The highest BCUT2D eigenvalue weighted by Crippen LogP contribution is 2.63. The van der Waals surface area contributed by atoms with Crippen molar-refractivity contribution >= 4 is 15.9 Å². The Kier molecular flexibility index (Phi) is 3.54. The lowest BCUT2D eigenvalue weighted by atomic mass is 9.53. The van der Waals surface area contributed by atoms with E-state index in [0.29, 0.717) is 12.0 Å². The normalized spacial score (nSPS) is 37.6. The number of piperidine rings is 1. The van der Waals surface area contributed by atoms with Crippen molar-refractivity contribution in [1.82, 2.24) is 4.90 Å². The van der Waals surface area contributed by atoms with Gasteiger partial charge in [0.05, 0.1) is 7.11 Å². The Labute approximate surface area is 156 Å². The molecular weight excluding hydrogens is 382 g/mol. The Hall–Kier alpha value is -1.04. The summed E-state index contributed by atoms with van der Waals surface area (Å²) < 4.78 is 13.1. The van der Waals surface area contributed by atoms with E-state index in [1.165, 1.54) is 17.5 Å². The van der Waals surface area contributed by atoms with Gasteiger partial charge >= 0.3 is 0 Å². The van der Waals surface area contributed by atoms with Crippen molar-refractivity contribution in [2.75, 3.05) is 20.2 Å². The molecule has 134 valence electrons. The third kappa shape index (κ3) is 1.89. The molecule has 1 fully saturated rings. The Morgan fingerprint density at radius 3 is 3.04 bits per heavy atom. The van der Waals surface area contributed by atoms with Crippen LogP contribution in [0.4, 0.5) is 0 Å². The molecule has 2 unspecified atom stereocenters. The lowest BCUT2D eigenvalue weighted by molar-refractivity contribution is -0.0515. The Bertz CT molecular complexity index is 764. The van der Waals surface area contributed by atoms with E-state index < -0.39 is 6.10 Å². The topological polar surface area (TPSA) is 41.9 Å². The number of halogens is 1. The third-order valence-electron chi connectivity index (χ3n) is 6.78. The van der Waals surface area contributed by atoms with Gasteiger partial charge in [0.15, 0.2) is 11.5 Å². The van der Waals surface area contributed by atoms with E-state index in [9.17, 15) is 5.11 Å². The molecule has 2 bridgehead atoms. The maximum absolute atomic E-state index is 10.7. The number of aliphatic hydroxyl groups is 1. The van der Waals surface area contributed by atoms with E-state index in [4.69, 9.17) is 9.47 Å². The summed E-state index contributed by atoms with van der Waals surface area (Å²) in [6.45, 7) is 4.46. The van der Waals surface area contributed by atoms with E-state index in [0.717, 1.165) is 41.9 Å². The summed E-state index contributed by atoms with van der Waals surface area (Å²) in [5.74, 6) is 2.03. The van der Waals surface area contributed by atoms with E-state index >= 15 is 0 Å². The van der Waals surface area contributed by atoms with Crippen LogP contribution < -0.4 is 9.47 Å². The molecule has 4 nitrogen and oxygen atoms in total. The van der Waals surface area contributed by atoms with E-state index in [2.05, 4.69) is 33.8 Å². The summed E-state index contributed by atoms with van der Waals surface area (Å²) in [6.07, 6.45) is 6.68. The van der Waals surface area contributed by atoms with Gasteiger partial charge in [0.1, 0.15) is 12.2 Å². The first-order chi connectivity index (χ1) is 12.1. The van der Waals surface area contributed by atoms with Gasteiger partial charge in [-0.2, -0.15) is 0 Å². The fourth-order valence-corrected chi connectivity index (χ4v) is 6.44. The molecule has 1 aromatic carbocycles. The van der Waals surface area contributed by atoms with Gasteiger partial charge in [0, 0.05) is 27.4 Å². The number of ether oxygens (including phenoxy) is 2. The van der Waals surface area contributed by atoms with Crippen molar-refractivity contribution in [2.24, 2.45) is 5.92 Å². The molecule has 0 saturated carbocycles. The summed E-state index contributed by atoms with van der Waals surface area (Å²) in [4.78, 5) is 2.65. The zero-order valence-electron chi connectivity index (χ0n) is 14.7. The van der Waals surface area contributed by atoms with Crippen molar-refractivity contribution in [3.05, 3.63) is 33.8 Å². The average Bonchev–Trinajstić information content (AvgIpc) is 2.95. The SMILES string of the molecule is CCCN1CCC23c4c5c(Br)cc(OC)c4O[C@H]2[C@@H](O)C=C[C@H]3C1C5. The molecule has 2 heterocycles. The number of benzene rings is 1. The van der Waals surface area contributed by atoms with Gasteiger partial charge in [-0.1, -0.05) is 35.0 Å². The van der Waals surface area contributed by atoms with Gasteiger partial charge in [0.2, 0.25) is 0 Å². The molecule has 2 aliphatic heterocycles. The molecule has 0 aromatic heterocycles. The highest BCUT2D eigenvalue weighted by Gasteiger charge is 2.64. The Morgan fingerprint density at radius 1 is 1.44 bits per heavy atom. The summed E-state index contributed by atoms with van der Waals surface area (Å²) in [5, 5.41) is 10.7. The van der Waals surface area contributed by atoms with Crippen LogP contribution in [-0.2, 0) is 11.8 Å². The number of rotatable bonds is 3. The second-order valence-corrected chi connectivity index (χ2v) is 8.64. The van der Waals surface area contributed by atoms with E-state index in [1.54, 1.807) is 7.11 Å². The van der Waals surface area contributed by atoms with Gasteiger partial charge in [-0.05, 0) is 44.0 Å². The predicted octanol–water partition coefficient (Wildman–Crippen LogP) is 3.04. The quantitative estimate of drug-likeness (QED) is 0.784. The molecule has 1 aromatic rings. The standard InChI is InChI=1S/C20H24BrNO3/c1-3-7-22-8-6-20-12-4-5-15(23)19(20)25-18-16(24-2)10-13(21)11(17(18)20)9-14(12)22/h4-5,10,12,14-15,19,23H,3,6-9H2,1-2H3/t12-,14?,15-,19-,20?/m0/s1. The molecule has 1 N–H and O–H groups in total. The Balaban J connectivity index is 1.77. The van der Waals surface area contributed by atoms with Crippen molar-refractivity contribution in [1.29, 1.82) is 0 Å². The second-order valence-electron chi connectivity index (χ2n) is 7.78. The number of hydrogen-bond donors (Lipinski definition) is 1. The monoisotopic (exact) mass is 405 g/mol. The van der Waals surface area contributed by atoms with Crippen molar-refractivity contribution < 1.29 is 14.6 Å². The van der Waals surface area contributed by atoms with Crippen LogP contribution in [0.25, 0.3) is 0 Å². The molecule has 0 amide bonds.